The molecule has 1 fully saturated rings. The van der Waals surface area contributed by atoms with Gasteiger partial charge in [0, 0.05) is 19.5 Å². The monoisotopic (exact) mass is 275 g/mol. The summed E-state index contributed by atoms with van der Waals surface area (Å²) < 4.78 is 51.8. The van der Waals surface area contributed by atoms with Gasteiger partial charge in [-0.3, -0.25) is 4.79 Å². The van der Waals surface area contributed by atoms with E-state index in [4.69, 9.17) is 0 Å². The molecule has 1 aromatic rings. The highest BCUT2D eigenvalue weighted by Gasteiger charge is 2.37. The maximum atomic E-state index is 13.4. The van der Waals surface area contributed by atoms with Crippen LogP contribution in [-0.2, 0) is 17.5 Å². The van der Waals surface area contributed by atoms with Crippen molar-refractivity contribution in [2.45, 2.75) is 32.0 Å². The van der Waals surface area contributed by atoms with E-state index >= 15 is 0 Å². The smallest absolute Gasteiger partial charge is 0.338 e. The van der Waals surface area contributed by atoms with Gasteiger partial charge in [0.2, 0.25) is 5.91 Å². The van der Waals surface area contributed by atoms with E-state index in [-0.39, 0.29) is 18.0 Å². The van der Waals surface area contributed by atoms with Crippen molar-refractivity contribution in [3.8, 4) is 0 Å². The Morgan fingerprint density at radius 2 is 1.95 bits per heavy atom. The molecule has 1 amide bonds. The molecule has 1 aliphatic heterocycles. The Labute approximate surface area is 108 Å². The largest absolute Gasteiger partial charge is 0.419 e. The van der Waals surface area contributed by atoms with Crippen LogP contribution in [0.5, 0.6) is 0 Å². The van der Waals surface area contributed by atoms with Crippen molar-refractivity contribution < 1.29 is 22.4 Å². The molecular weight excluding hydrogens is 262 g/mol. The SMILES string of the molecule is O=C1CCCCN1Cc1cccc(F)c1C(F)(F)F. The molecule has 0 N–H and O–H groups in total. The molecule has 0 atom stereocenters. The van der Waals surface area contributed by atoms with Crippen LogP contribution < -0.4 is 0 Å². The first-order valence-electron chi connectivity index (χ1n) is 6.02. The molecule has 1 heterocycles. The van der Waals surface area contributed by atoms with Crippen LogP contribution in [0.25, 0.3) is 0 Å². The lowest BCUT2D eigenvalue weighted by Crippen LogP contribution is -2.35. The number of likely N-dealkylation sites (tertiary alicyclic amines) is 1. The van der Waals surface area contributed by atoms with Crippen LogP contribution in [0, 0.1) is 5.82 Å². The van der Waals surface area contributed by atoms with Gasteiger partial charge in [-0.2, -0.15) is 13.2 Å². The van der Waals surface area contributed by atoms with E-state index in [0.717, 1.165) is 18.9 Å². The third kappa shape index (κ3) is 3.05. The van der Waals surface area contributed by atoms with Crippen LogP contribution in [0.2, 0.25) is 0 Å². The van der Waals surface area contributed by atoms with Crippen molar-refractivity contribution >= 4 is 5.91 Å². The molecule has 0 spiro atoms. The number of piperidine rings is 1. The third-order valence-corrected chi connectivity index (χ3v) is 3.17. The number of carbonyl (C=O) groups excluding carboxylic acids is 1. The van der Waals surface area contributed by atoms with Gasteiger partial charge < -0.3 is 4.90 Å². The summed E-state index contributed by atoms with van der Waals surface area (Å²) in [7, 11) is 0. The van der Waals surface area contributed by atoms with E-state index in [1.165, 1.54) is 17.0 Å². The lowest BCUT2D eigenvalue weighted by Gasteiger charge is -2.28. The maximum Gasteiger partial charge on any atom is 0.419 e. The molecule has 1 aliphatic rings. The Hall–Kier alpha value is -1.59. The lowest BCUT2D eigenvalue weighted by atomic mass is 10.0. The molecular formula is C13H13F4NO. The van der Waals surface area contributed by atoms with Gasteiger partial charge in [0.25, 0.3) is 0 Å². The standard InChI is InChI=1S/C13H13F4NO/c14-10-5-3-4-9(12(10)13(15,16)17)8-18-7-2-1-6-11(18)19/h3-5H,1-2,6-8H2. The minimum atomic E-state index is -4.75. The average Bonchev–Trinajstić information content (AvgIpc) is 2.30. The second-order valence-electron chi connectivity index (χ2n) is 4.54. The zero-order valence-corrected chi connectivity index (χ0v) is 10.1. The molecule has 1 aromatic carbocycles. The van der Waals surface area contributed by atoms with Gasteiger partial charge in [0.15, 0.2) is 0 Å². The van der Waals surface area contributed by atoms with Crippen LogP contribution >= 0.6 is 0 Å². The normalized spacial score (nSPS) is 16.8. The van der Waals surface area contributed by atoms with Gasteiger partial charge >= 0.3 is 6.18 Å². The molecule has 0 radical (unpaired) electrons. The summed E-state index contributed by atoms with van der Waals surface area (Å²) in [6.07, 6.45) is -2.89. The Bertz CT molecular complexity index is 484. The molecule has 0 aromatic heterocycles. The topological polar surface area (TPSA) is 20.3 Å². The van der Waals surface area contributed by atoms with Crippen molar-refractivity contribution in [2.75, 3.05) is 6.54 Å². The average molecular weight is 275 g/mol. The minimum Gasteiger partial charge on any atom is -0.338 e. The van der Waals surface area contributed by atoms with Crippen molar-refractivity contribution in [1.82, 2.24) is 4.90 Å². The van der Waals surface area contributed by atoms with Crippen LogP contribution in [-0.4, -0.2) is 17.4 Å². The summed E-state index contributed by atoms with van der Waals surface area (Å²) in [5.41, 5.74) is -1.46. The molecule has 104 valence electrons. The quantitative estimate of drug-likeness (QED) is 0.758. The van der Waals surface area contributed by atoms with Crippen LogP contribution in [0.1, 0.15) is 30.4 Å². The number of benzene rings is 1. The van der Waals surface area contributed by atoms with Crippen LogP contribution in [0.15, 0.2) is 18.2 Å². The second-order valence-corrected chi connectivity index (χ2v) is 4.54. The fourth-order valence-electron chi connectivity index (χ4n) is 2.25. The number of rotatable bonds is 2. The number of alkyl halides is 3. The van der Waals surface area contributed by atoms with Crippen molar-refractivity contribution in [1.29, 1.82) is 0 Å². The highest BCUT2D eigenvalue weighted by molar-refractivity contribution is 5.76. The predicted octanol–water partition coefficient (Wildman–Crippen LogP) is 3.36. The van der Waals surface area contributed by atoms with Gasteiger partial charge in [-0.15, -0.1) is 0 Å². The molecule has 0 aliphatic carbocycles. The summed E-state index contributed by atoms with van der Waals surface area (Å²) in [5, 5.41) is 0. The van der Waals surface area contributed by atoms with Crippen LogP contribution in [0.3, 0.4) is 0 Å². The Balaban J connectivity index is 2.30. The van der Waals surface area contributed by atoms with Gasteiger partial charge in [-0.1, -0.05) is 12.1 Å². The second kappa shape index (κ2) is 5.19. The van der Waals surface area contributed by atoms with Crippen LogP contribution in [0.4, 0.5) is 17.6 Å². The van der Waals surface area contributed by atoms with Crippen molar-refractivity contribution in [3.63, 3.8) is 0 Å². The molecule has 0 unspecified atom stereocenters. The van der Waals surface area contributed by atoms with E-state index in [1.54, 1.807) is 0 Å². The first kappa shape index (κ1) is 13.8. The Morgan fingerprint density at radius 3 is 2.58 bits per heavy atom. The highest BCUT2D eigenvalue weighted by Crippen LogP contribution is 2.34. The zero-order valence-electron chi connectivity index (χ0n) is 10.1. The van der Waals surface area contributed by atoms with E-state index < -0.39 is 17.6 Å². The van der Waals surface area contributed by atoms with E-state index in [2.05, 4.69) is 0 Å². The van der Waals surface area contributed by atoms with Gasteiger partial charge in [-0.25, -0.2) is 4.39 Å². The van der Waals surface area contributed by atoms with Gasteiger partial charge in [-0.05, 0) is 24.5 Å². The molecule has 0 bridgehead atoms. The van der Waals surface area contributed by atoms with Crippen molar-refractivity contribution in [2.24, 2.45) is 0 Å². The summed E-state index contributed by atoms with van der Waals surface area (Å²) in [5.74, 6) is -1.47. The molecule has 0 saturated carbocycles. The zero-order chi connectivity index (χ0) is 14.0. The summed E-state index contributed by atoms with van der Waals surface area (Å²) in [6, 6.07) is 3.23. The first-order chi connectivity index (χ1) is 8.89. The summed E-state index contributed by atoms with van der Waals surface area (Å²) in [4.78, 5) is 13.0. The summed E-state index contributed by atoms with van der Waals surface area (Å²) >= 11 is 0. The van der Waals surface area contributed by atoms with E-state index in [1.807, 2.05) is 0 Å². The number of nitrogens with zero attached hydrogens (tertiary/aromatic N) is 1. The van der Waals surface area contributed by atoms with Crippen molar-refractivity contribution in [3.05, 3.63) is 35.1 Å². The molecule has 1 saturated heterocycles. The Morgan fingerprint density at radius 1 is 1.21 bits per heavy atom. The fourth-order valence-corrected chi connectivity index (χ4v) is 2.25. The molecule has 2 rings (SSSR count). The van der Waals surface area contributed by atoms with E-state index in [9.17, 15) is 22.4 Å². The highest BCUT2D eigenvalue weighted by atomic mass is 19.4. The fraction of sp³-hybridized carbons (Fsp3) is 0.462. The minimum absolute atomic E-state index is 0.177. The third-order valence-electron chi connectivity index (χ3n) is 3.17. The number of hydrogen-bond donors (Lipinski definition) is 0. The number of carbonyl (C=O) groups is 1. The van der Waals surface area contributed by atoms with Gasteiger partial charge in [0.1, 0.15) is 5.82 Å². The Kier molecular flexibility index (Phi) is 3.78. The maximum absolute atomic E-state index is 13.4. The first-order valence-corrected chi connectivity index (χ1v) is 6.02. The predicted molar refractivity (Wildman–Crippen MR) is 60.7 cm³/mol. The number of hydrogen-bond acceptors (Lipinski definition) is 1. The molecule has 2 nitrogen and oxygen atoms in total. The molecule has 6 heteroatoms. The van der Waals surface area contributed by atoms with Gasteiger partial charge in [0.05, 0.1) is 5.56 Å². The summed E-state index contributed by atoms with van der Waals surface area (Å²) in [6.45, 7) is 0.234. The van der Waals surface area contributed by atoms with E-state index in [0.29, 0.717) is 13.0 Å². The molecule has 19 heavy (non-hydrogen) atoms. The number of halogens is 4. The number of amides is 1. The lowest BCUT2D eigenvalue weighted by molar-refractivity contribution is -0.142.